The van der Waals surface area contributed by atoms with E-state index in [9.17, 15) is 0 Å². The van der Waals surface area contributed by atoms with Gasteiger partial charge >= 0.3 is 0 Å². The predicted octanol–water partition coefficient (Wildman–Crippen LogP) is 2.79. The van der Waals surface area contributed by atoms with Crippen molar-refractivity contribution in [2.75, 3.05) is 6.61 Å². The van der Waals surface area contributed by atoms with Crippen molar-refractivity contribution in [2.24, 2.45) is 0 Å². The van der Waals surface area contributed by atoms with E-state index in [1.165, 1.54) is 5.56 Å². The van der Waals surface area contributed by atoms with Gasteiger partial charge in [-0.15, -0.1) is 0 Å². The lowest BCUT2D eigenvalue weighted by atomic mass is 10.1. The smallest absolute Gasteiger partial charge is 0.119 e. The zero-order valence-electron chi connectivity index (χ0n) is 11.7. The molecule has 1 N–H and O–H groups in total. The van der Waals surface area contributed by atoms with Crippen LogP contribution in [0.1, 0.15) is 31.9 Å². The molecule has 0 aromatic heterocycles. The molecular weight excluding hydrogens is 224 g/mol. The first-order chi connectivity index (χ1) is 8.40. The van der Waals surface area contributed by atoms with E-state index in [0.717, 1.165) is 5.56 Å². The second-order valence-electron chi connectivity index (χ2n) is 5.58. The van der Waals surface area contributed by atoms with Crippen LogP contribution in [-0.4, -0.2) is 18.2 Å². The molecule has 0 saturated heterocycles. The van der Waals surface area contributed by atoms with Crippen LogP contribution in [0.4, 0.5) is 0 Å². The fourth-order valence-corrected chi connectivity index (χ4v) is 1.73. The molecule has 98 valence electrons. The van der Waals surface area contributed by atoms with Crippen LogP contribution in [-0.2, 0) is 11.3 Å². The summed E-state index contributed by atoms with van der Waals surface area (Å²) in [5.74, 6) is 0. The fourth-order valence-electron chi connectivity index (χ4n) is 1.73. The van der Waals surface area contributed by atoms with Gasteiger partial charge in [-0.05, 0) is 33.3 Å². The Bertz CT molecular complexity index is 415. The molecule has 1 aromatic carbocycles. The molecule has 0 spiro atoms. The van der Waals surface area contributed by atoms with Crippen LogP contribution in [0.5, 0.6) is 0 Å². The summed E-state index contributed by atoms with van der Waals surface area (Å²) in [5.41, 5.74) is 2.29. The van der Waals surface area contributed by atoms with Crippen molar-refractivity contribution in [3.8, 4) is 6.07 Å². The second kappa shape index (κ2) is 6.53. The van der Waals surface area contributed by atoms with Gasteiger partial charge in [-0.25, -0.2) is 0 Å². The lowest BCUT2D eigenvalue weighted by Gasteiger charge is -2.24. The molecule has 0 aliphatic rings. The number of nitriles is 1. The van der Waals surface area contributed by atoms with E-state index in [0.29, 0.717) is 13.2 Å². The summed E-state index contributed by atoms with van der Waals surface area (Å²) in [6.45, 7) is 9.13. The number of ether oxygens (including phenoxy) is 1. The Morgan fingerprint density at radius 2 is 2.11 bits per heavy atom. The van der Waals surface area contributed by atoms with E-state index >= 15 is 0 Å². The van der Waals surface area contributed by atoms with Gasteiger partial charge in [-0.2, -0.15) is 5.26 Å². The average Bonchev–Trinajstić information content (AvgIpc) is 2.26. The molecule has 18 heavy (non-hydrogen) atoms. The van der Waals surface area contributed by atoms with E-state index in [4.69, 9.17) is 10.00 Å². The molecule has 1 aromatic rings. The van der Waals surface area contributed by atoms with Crippen LogP contribution >= 0.6 is 0 Å². The van der Waals surface area contributed by atoms with Crippen molar-refractivity contribution in [2.45, 2.75) is 45.9 Å². The maximum atomic E-state index is 9.04. The van der Waals surface area contributed by atoms with Gasteiger partial charge in [-0.1, -0.05) is 29.8 Å². The van der Waals surface area contributed by atoms with Crippen molar-refractivity contribution in [3.05, 3.63) is 35.4 Å². The molecular formula is C15H22N2O. The van der Waals surface area contributed by atoms with Gasteiger partial charge in [0.05, 0.1) is 19.3 Å². The first kappa shape index (κ1) is 14.7. The summed E-state index contributed by atoms with van der Waals surface area (Å²) in [6, 6.07) is 10.2. The van der Waals surface area contributed by atoms with Crippen LogP contribution in [0, 0.1) is 18.3 Å². The highest BCUT2D eigenvalue weighted by atomic mass is 16.5. The van der Waals surface area contributed by atoms with E-state index in [-0.39, 0.29) is 11.6 Å². The third-order valence-corrected chi connectivity index (χ3v) is 2.40. The van der Waals surface area contributed by atoms with Gasteiger partial charge in [0.15, 0.2) is 0 Å². The topological polar surface area (TPSA) is 45.0 Å². The van der Waals surface area contributed by atoms with Crippen LogP contribution in [0.15, 0.2) is 24.3 Å². The summed E-state index contributed by atoms with van der Waals surface area (Å²) in [6.07, 6.45) is 0. The first-order valence-corrected chi connectivity index (χ1v) is 6.21. The maximum absolute atomic E-state index is 9.04. The van der Waals surface area contributed by atoms with Crippen molar-refractivity contribution < 1.29 is 4.74 Å². The largest absolute Gasteiger partial charge is 0.374 e. The molecule has 1 atom stereocenters. The monoisotopic (exact) mass is 246 g/mol. The Balaban J connectivity index is 2.39. The van der Waals surface area contributed by atoms with Crippen LogP contribution in [0.2, 0.25) is 0 Å². The summed E-state index contributed by atoms with van der Waals surface area (Å²) in [5, 5.41) is 12.3. The van der Waals surface area contributed by atoms with Crippen molar-refractivity contribution in [1.82, 2.24) is 5.32 Å². The predicted molar refractivity (Wildman–Crippen MR) is 73.1 cm³/mol. The number of nitrogens with one attached hydrogen (secondary N) is 1. The molecule has 3 heteroatoms. The minimum absolute atomic E-state index is 0.0763. The molecule has 1 unspecified atom stereocenters. The SMILES string of the molecule is Cc1cccc(COCC(C#N)NC(C)(C)C)c1. The zero-order chi connectivity index (χ0) is 13.6. The molecule has 0 radical (unpaired) electrons. The van der Waals surface area contributed by atoms with Gasteiger partial charge in [0.25, 0.3) is 0 Å². The summed E-state index contributed by atoms with van der Waals surface area (Å²) >= 11 is 0. The average molecular weight is 246 g/mol. The Labute approximate surface area is 110 Å². The summed E-state index contributed by atoms with van der Waals surface area (Å²) in [7, 11) is 0. The van der Waals surface area contributed by atoms with Crippen molar-refractivity contribution >= 4 is 0 Å². The molecule has 0 amide bonds. The molecule has 0 aliphatic carbocycles. The number of rotatable bonds is 5. The number of aryl methyl sites for hydroxylation is 1. The zero-order valence-corrected chi connectivity index (χ0v) is 11.7. The third-order valence-electron chi connectivity index (χ3n) is 2.40. The van der Waals surface area contributed by atoms with E-state index < -0.39 is 0 Å². The Morgan fingerprint density at radius 1 is 1.39 bits per heavy atom. The van der Waals surface area contributed by atoms with Gasteiger partial charge < -0.3 is 4.74 Å². The molecule has 0 fully saturated rings. The number of hydrogen-bond acceptors (Lipinski definition) is 3. The lowest BCUT2D eigenvalue weighted by molar-refractivity contribution is 0.104. The highest BCUT2D eigenvalue weighted by Crippen LogP contribution is 2.06. The van der Waals surface area contributed by atoms with Crippen molar-refractivity contribution in [1.29, 1.82) is 5.26 Å². The van der Waals surface area contributed by atoms with Gasteiger partial charge in [-0.3, -0.25) is 5.32 Å². The normalized spacial score (nSPS) is 13.1. The Kier molecular flexibility index (Phi) is 5.33. The number of nitrogens with zero attached hydrogens (tertiary/aromatic N) is 1. The van der Waals surface area contributed by atoms with Gasteiger partial charge in [0.1, 0.15) is 6.04 Å². The maximum Gasteiger partial charge on any atom is 0.119 e. The van der Waals surface area contributed by atoms with Crippen molar-refractivity contribution in [3.63, 3.8) is 0 Å². The Morgan fingerprint density at radius 3 is 2.67 bits per heavy atom. The van der Waals surface area contributed by atoms with Crippen LogP contribution in [0.25, 0.3) is 0 Å². The van der Waals surface area contributed by atoms with E-state index in [2.05, 4.69) is 30.4 Å². The Hall–Kier alpha value is -1.37. The highest BCUT2D eigenvalue weighted by Gasteiger charge is 2.16. The molecule has 0 aliphatic heterocycles. The molecule has 1 rings (SSSR count). The quantitative estimate of drug-likeness (QED) is 0.869. The third kappa shape index (κ3) is 5.81. The van der Waals surface area contributed by atoms with Gasteiger partial charge in [0, 0.05) is 5.54 Å². The fraction of sp³-hybridized carbons (Fsp3) is 0.533. The number of hydrogen-bond donors (Lipinski definition) is 1. The minimum atomic E-state index is -0.269. The van der Waals surface area contributed by atoms with Gasteiger partial charge in [0.2, 0.25) is 0 Å². The van der Waals surface area contributed by atoms with E-state index in [1.54, 1.807) is 0 Å². The second-order valence-corrected chi connectivity index (χ2v) is 5.58. The highest BCUT2D eigenvalue weighted by molar-refractivity contribution is 5.21. The lowest BCUT2D eigenvalue weighted by Crippen LogP contribution is -2.45. The molecule has 0 saturated carbocycles. The van der Waals surface area contributed by atoms with Crippen LogP contribution in [0.3, 0.4) is 0 Å². The van der Waals surface area contributed by atoms with E-state index in [1.807, 2.05) is 32.9 Å². The first-order valence-electron chi connectivity index (χ1n) is 6.21. The summed E-state index contributed by atoms with van der Waals surface area (Å²) in [4.78, 5) is 0. The standard InChI is InChI=1S/C15H22N2O/c1-12-6-5-7-13(8-12)10-18-11-14(9-16)17-15(2,3)4/h5-8,14,17H,10-11H2,1-4H3. The molecule has 0 heterocycles. The molecule has 0 bridgehead atoms. The minimum Gasteiger partial charge on any atom is -0.374 e. The number of benzene rings is 1. The molecule has 3 nitrogen and oxygen atoms in total. The summed E-state index contributed by atoms with van der Waals surface area (Å²) < 4.78 is 5.59. The van der Waals surface area contributed by atoms with Crippen LogP contribution < -0.4 is 5.32 Å².